The van der Waals surface area contributed by atoms with E-state index in [0.29, 0.717) is 19.8 Å². The van der Waals surface area contributed by atoms with Gasteiger partial charge in [0.05, 0.1) is 54.7 Å². The number of aliphatic hydroxyl groups excluding tert-OH is 1. The summed E-state index contributed by atoms with van der Waals surface area (Å²) in [5.41, 5.74) is 4.15. The Morgan fingerprint density at radius 2 is 1.79 bits per heavy atom. The van der Waals surface area contributed by atoms with E-state index in [4.69, 9.17) is 9.47 Å². The van der Waals surface area contributed by atoms with E-state index in [1.807, 2.05) is 64.4 Å². The van der Waals surface area contributed by atoms with Gasteiger partial charge in [-0.3, -0.25) is 14.4 Å². The Morgan fingerprint density at radius 3 is 2.38 bits per heavy atom. The maximum atomic E-state index is 13.8. The molecular formula is C30H43BrN4O6S. The van der Waals surface area contributed by atoms with Gasteiger partial charge in [-0.15, -0.1) is 11.3 Å². The number of β-amino-alcohol motifs (C(OH)–C–C–N with tert-alkyl or cyclic N) is 1. The third kappa shape index (κ3) is 9.57. The Labute approximate surface area is 260 Å². The van der Waals surface area contributed by atoms with Gasteiger partial charge in [0, 0.05) is 24.7 Å². The van der Waals surface area contributed by atoms with Crippen molar-refractivity contribution in [1.82, 2.24) is 20.5 Å². The minimum absolute atomic E-state index is 0.0220. The Bertz CT molecular complexity index is 1190. The van der Waals surface area contributed by atoms with Gasteiger partial charge in [-0.25, -0.2) is 4.98 Å². The first-order chi connectivity index (χ1) is 19.9. The van der Waals surface area contributed by atoms with Crippen LogP contribution in [0.1, 0.15) is 57.8 Å². The molecule has 1 aromatic heterocycles. The molecule has 1 aromatic carbocycles. The number of nitrogens with one attached hydrogen (secondary N) is 2. The van der Waals surface area contributed by atoms with Crippen LogP contribution in [0.3, 0.4) is 0 Å². The number of amides is 3. The number of alkyl halides is 1. The number of aromatic nitrogens is 1. The number of carbonyl (C=O) groups excluding carboxylic acids is 3. The quantitative estimate of drug-likeness (QED) is 0.207. The lowest BCUT2D eigenvalue weighted by molar-refractivity contribution is -0.144. The fourth-order valence-electron chi connectivity index (χ4n) is 4.79. The largest absolute Gasteiger partial charge is 0.391 e. The number of carbonyl (C=O) groups is 3. The molecule has 3 amide bonds. The molecule has 3 N–H and O–H groups in total. The van der Waals surface area contributed by atoms with E-state index in [0.717, 1.165) is 27.0 Å². The van der Waals surface area contributed by atoms with Crippen LogP contribution < -0.4 is 10.6 Å². The SMILES string of the molecule is Cc1ncsc1-c1ccc([C@H](C)NC(=O)[C@@H]2C[C@@H](O)CN2C(=O)[C@@H](NC(=O)CCOCCOCCBr)C(C)(C)C)cc1. The van der Waals surface area contributed by atoms with Crippen LogP contribution in [0.5, 0.6) is 0 Å². The van der Waals surface area contributed by atoms with Gasteiger partial charge in [0.25, 0.3) is 0 Å². The average molecular weight is 668 g/mol. The summed E-state index contributed by atoms with van der Waals surface area (Å²) in [5.74, 6) is -1.06. The summed E-state index contributed by atoms with van der Waals surface area (Å²) in [4.78, 5) is 46.7. The van der Waals surface area contributed by atoms with E-state index in [2.05, 4.69) is 31.5 Å². The second-order valence-electron chi connectivity index (χ2n) is 11.5. The van der Waals surface area contributed by atoms with E-state index in [-0.39, 0.29) is 43.8 Å². The topological polar surface area (TPSA) is 130 Å². The maximum absolute atomic E-state index is 13.8. The van der Waals surface area contributed by atoms with Gasteiger partial charge >= 0.3 is 0 Å². The second-order valence-corrected chi connectivity index (χ2v) is 13.2. The van der Waals surface area contributed by atoms with Crippen molar-refractivity contribution in [3.63, 3.8) is 0 Å². The van der Waals surface area contributed by atoms with Crippen molar-refractivity contribution in [3.05, 3.63) is 41.0 Å². The highest BCUT2D eigenvalue weighted by Gasteiger charge is 2.44. The lowest BCUT2D eigenvalue weighted by Gasteiger charge is -2.35. The van der Waals surface area contributed by atoms with Gasteiger partial charge in [-0.1, -0.05) is 61.0 Å². The van der Waals surface area contributed by atoms with Crippen molar-refractivity contribution in [2.75, 3.05) is 38.3 Å². The molecule has 1 aliphatic heterocycles. The predicted molar refractivity (Wildman–Crippen MR) is 166 cm³/mol. The summed E-state index contributed by atoms with van der Waals surface area (Å²) in [6, 6.07) is 5.91. The minimum Gasteiger partial charge on any atom is -0.391 e. The molecule has 0 aliphatic carbocycles. The molecule has 4 atom stereocenters. The third-order valence-corrected chi connectivity index (χ3v) is 8.43. The number of nitrogens with zero attached hydrogens (tertiary/aromatic N) is 2. The first-order valence-corrected chi connectivity index (χ1v) is 16.2. The Morgan fingerprint density at radius 1 is 1.12 bits per heavy atom. The molecule has 3 rings (SSSR count). The zero-order valence-corrected chi connectivity index (χ0v) is 27.4. The van der Waals surface area contributed by atoms with Gasteiger partial charge < -0.3 is 30.1 Å². The van der Waals surface area contributed by atoms with E-state index in [1.54, 1.807) is 11.3 Å². The van der Waals surface area contributed by atoms with Crippen LogP contribution in [0, 0.1) is 12.3 Å². The lowest BCUT2D eigenvalue weighted by atomic mass is 9.85. The number of halogens is 1. The van der Waals surface area contributed by atoms with Crippen LogP contribution in [0.15, 0.2) is 29.8 Å². The number of aliphatic hydroxyl groups is 1. The standard InChI is InChI=1S/C30H43BrN4O6S/c1-19(21-6-8-22(9-7-21)26-20(2)32-18-42-26)33-28(38)24-16-23(36)17-35(24)29(39)27(30(3,4)5)34-25(37)10-12-40-14-15-41-13-11-31/h6-9,18-19,23-24,27,36H,10-17H2,1-5H3,(H,33,38)(H,34,37)/t19-,23+,24-,27+/m0/s1. The number of aryl methyl sites for hydroxylation is 1. The van der Waals surface area contributed by atoms with E-state index >= 15 is 0 Å². The zero-order chi connectivity index (χ0) is 30.9. The fourth-order valence-corrected chi connectivity index (χ4v) is 5.83. The first-order valence-electron chi connectivity index (χ1n) is 14.2. The maximum Gasteiger partial charge on any atom is 0.246 e. The molecule has 232 valence electrons. The number of likely N-dealkylation sites (tertiary alicyclic amines) is 1. The van der Waals surface area contributed by atoms with E-state index < -0.39 is 29.5 Å². The van der Waals surface area contributed by atoms with Crippen LogP contribution in [0.25, 0.3) is 10.4 Å². The molecule has 12 heteroatoms. The fraction of sp³-hybridized carbons (Fsp3) is 0.600. The highest BCUT2D eigenvalue weighted by atomic mass is 79.9. The third-order valence-electron chi connectivity index (χ3n) is 7.13. The van der Waals surface area contributed by atoms with Crippen LogP contribution >= 0.6 is 27.3 Å². The number of hydrogen-bond acceptors (Lipinski definition) is 8. The first kappa shape index (κ1) is 34.1. The highest BCUT2D eigenvalue weighted by Crippen LogP contribution is 2.29. The number of ether oxygens (including phenoxy) is 2. The van der Waals surface area contributed by atoms with Gasteiger partial charge in [-0.2, -0.15) is 0 Å². The van der Waals surface area contributed by atoms with Crippen LogP contribution in [0.4, 0.5) is 0 Å². The van der Waals surface area contributed by atoms with Gasteiger partial charge in [-0.05, 0) is 30.4 Å². The molecular weight excluding hydrogens is 624 g/mol. The summed E-state index contributed by atoms with van der Waals surface area (Å²) in [5, 5.41) is 17.1. The van der Waals surface area contributed by atoms with Gasteiger partial charge in [0.1, 0.15) is 12.1 Å². The molecule has 0 unspecified atom stereocenters. The molecule has 0 bridgehead atoms. The predicted octanol–water partition coefficient (Wildman–Crippen LogP) is 3.61. The van der Waals surface area contributed by atoms with Crippen molar-refractivity contribution in [3.8, 4) is 10.4 Å². The monoisotopic (exact) mass is 666 g/mol. The molecule has 0 saturated carbocycles. The van der Waals surface area contributed by atoms with Crippen LogP contribution in [-0.2, 0) is 23.9 Å². The Kier molecular flexibility index (Phi) is 12.9. The van der Waals surface area contributed by atoms with Crippen LogP contribution in [-0.4, -0.2) is 89.2 Å². The average Bonchev–Trinajstić information content (AvgIpc) is 3.55. The van der Waals surface area contributed by atoms with Crippen molar-refractivity contribution < 1.29 is 29.0 Å². The molecule has 10 nitrogen and oxygen atoms in total. The highest BCUT2D eigenvalue weighted by molar-refractivity contribution is 9.09. The second kappa shape index (κ2) is 15.9. The molecule has 2 aromatic rings. The van der Waals surface area contributed by atoms with Crippen LogP contribution in [0.2, 0.25) is 0 Å². The zero-order valence-electron chi connectivity index (χ0n) is 25.0. The lowest BCUT2D eigenvalue weighted by Crippen LogP contribution is -2.58. The summed E-state index contributed by atoms with van der Waals surface area (Å²) < 4.78 is 10.8. The molecule has 42 heavy (non-hydrogen) atoms. The molecule has 1 fully saturated rings. The summed E-state index contributed by atoms with van der Waals surface area (Å²) in [7, 11) is 0. The summed E-state index contributed by atoms with van der Waals surface area (Å²) in [6.45, 7) is 11.0. The van der Waals surface area contributed by atoms with E-state index in [1.165, 1.54) is 4.90 Å². The number of benzene rings is 1. The van der Waals surface area contributed by atoms with Gasteiger partial charge in [0.15, 0.2) is 0 Å². The molecule has 1 aliphatic rings. The smallest absolute Gasteiger partial charge is 0.246 e. The Hall–Kier alpha value is -2.38. The molecule has 0 spiro atoms. The van der Waals surface area contributed by atoms with Crippen molar-refractivity contribution in [2.45, 2.75) is 71.7 Å². The number of hydrogen-bond donors (Lipinski definition) is 3. The molecule has 0 radical (unpaired) electrons. The van der Waals surface area contributed by atoms with Crippen molar-refractivity contribution in [1.29, 1.82) is 0 Å². The van der Waals surface area contributed by atoms with Crippen molar-refractivity contribution in [2.24, 2.45) is 5.41 Å². The summed E-state index contributed by atoms with van der Waals surface area (Å²) in [6.07, 6.45) is -0.619. The van der Waals surface area contributed by atoms with Crippen molar-refractivity contribution >= 4 is 45.0 Å². The molecule has 2 heterocycles. The number of thiazole rings is 1. The number of rotatable bonds is 14. The normalized spacial score (nSPS) is 18.5. The van der Waals surface area contributed by atoms with E-state index in [9.17, 15) is 19.5 Å². The molecule has 1 saturated heterocycles. The summed E-state index contributed by atoms with van der Waals surface area (Å²) >= 11 is 4.87. The Balaban J connectivity index is 1.61. The minimum atomic E-state index is -0.881. The van der Waals surface area contributed by atoms with Gasteiger partial charge in [0.2, 0.25) is 17.7 Å².